The van der Waals surface area contributed by atoms with Crippen LogP contribution in [0.1, 0.15) is 42.7 Å². The fraction of sp³-hybridized carbons (Fsp3) is 0.400. The number of aryl methyl sites for hydroxylation is 2. The van der Waals surface area contributed by atoms with E-state index in [4.69, 9.17) is 9.15 Å². The number of benzene rings is 1. The van der Waals surface area contributed by atoms with Gasteiger partial charge in [0.2, 0.25) is 5.91 Å². The molecule has 6 heteroatoms. The summed E-state index contributed by atoms with van der Waals surface area (Å²) in [4.78, 5) is 31.4. The van der Waals surface area contributed by atoms with Crippen LogP contribution in [0.3, 0.4) is 0 Å². The Morgan fingerprint density at radius 2 is 2.06 bits per heavy atom. The van der Waals surface area contributed by atoms with Gasteiger partial charge < -0.3 is 14.1 Å². The molecule has 0 saturated heterocycles. The first-order chi connectivity index (χ1) is 14.7. The Kier molecular flexibility index (Phi) is 5.56. The number of amides is 1. The zero-order chi connectivity index (χ0) is 22.2. The Balaban J connectivity index is 1.56. The second kappa shape index (κ2) is 8.17. The van der Waals surface area contributed by atoms with E-state index in [1.807, 2.05) is 37.3 Å². The van der Waals surface area contributed by atoms with Gasteiger partial charge in [0.05, 0.1) is 12.0 Å². The number of hydrogen-bond acceptors (Lipinski definition) is 5. The van der Waals surface area contributed by atoms with Crippen molar-refractivity contribution in [3.05, 3.63) is 69.3 Å². The Hall–Kier alpha value is -3.15. The largest absolute Gasteiger partial charge is 0.487 e. The van der Waals surface area contributed by atoms with Gasteiger partial charge in [0.25, 0.3) is 0 Å². The van der Waals surface area contributed by atoms with E-state index < -0.39 is 5.63 Å². The van der Waals surface area contributed by atoms with Gasteiger partial charge in [-0.05, 0) is 62.9 Å². The second-order valence-corrected chi connectivity index (χ2v) is 8.87. The molecule has 0 aliphatic carbocycles. The maximum Gasteiger partial charge on any atom is 0.340 e. The third-order valence-electron chi connectivity index (χ3n) is 6.03. The summed E-state index contributed by atoms with van der Waals surface area (Å²) in [5, 5.41) is 0.862. The van der Waals surface area contributed by atoms with Crippen LogP contribution in [0.5, 0.6) is 5.75 Å². The van der Waals surface area contributed by atoms with Gasteiger partial charge in [-0.1, -0.05) is 6.07 Å². The maximum absolute atomic E-state index is 12.8. The molecule has 0 fully saturated rings. The molecule has 3 aromatic rings. The van der Waals surface area contributed by atoms with E-state index in [2.05, 4.69) is 18.8 Å². The van der Waals surface area contributed by atoms with Gasteiger partial charge in [-0.25, -0.2) is 4.79 Å². The Morgan fingerprint density at radius 3 is 2.81 bits per heavy atom. The van der Waals surface area contributed by atoms with E-state index >= 15 is 0 Å². The summed E-state index contributed by atoms with van der Waals surface area (Å²) in [6.07, 6.45) is 4.25. The number of ether oxygens (including phenoxy) is 1. The number of nitrogens with zero attached hydrogens (tertiary/aromatic N) is 2. The van der Waals surface area contributed by atoms with Crippen LogP contribution in [0.15, 0.2) is 45.7 Å². The summed E-state index contributed by atoms with van der Waals surface area (Å²) < 4.78 is 11.7. The van der Waals surface area contributed by atoms with Crippen molar-refractivity contribution in [3.8, 4) is 5.75 Å². The van der Waals surface area contributed by atoms with Crippen molar-refractivity contribution in [2.45, 2.75) is 52.1 Å². The molecule has 2 aromatic heterocycles. The molecule has 1 aliphatic rings. The summed E-state index contributed by atoms with van der Waals surface area (Å²) in [7, 11) is 1.75. The molecule has 0 unspecified atom stereocenters. The summed E-state index contributed by atoms with van der Waals surface area (Å²) in [5.41, 5.74) is 3.05. The topological polar surface area (TPSA) is 72.6 Å². The van der Waals surface area contributed by atoms with Crippen molar-refractivity contribution >= 4 is 16.9 Å². The molecule has 4 rings (SSSR count). The molecule has 0 N–H and O–H groups in total. The van der Waals surface area contributed by atoms with E-state index in [1.54, 1.807) is 18.1 Å². The van der Waals surface area contributed by atoms with Crippen LogP contribution in [0.25, 0.3) is 11.0 Å². The third-order valence-corrected chi connectivity index (χ3v) is 6.03. The van der Waals surface area contributed by atoms with Crippen LogP contribution in [0, 0.1) is 6.92 Å². The molecular weight excluding hydrogens is 392 g/mol. The molecule has 0 bridgehead atoms. The summed E-state index contributed by atoms with van der Waals surface area (Å²) >= 11 is 0. The molecule has 0 atom stereocenters. The average Bonchev–Trinajstić information content (AvgIpc) is 2.74. The summed E-state index contributed by atoms with van der Waals surface area (Å²) in [6, 6.07) is 9.58. The zero-order valence-corrected chi connectivity index (χ0v) is 18.5. The second-order valence-electron chi connectivity index (χ2n) is 8.87. The Bertz CT molecular complexity index is 1180. The van der Waals surface area contributed by atoms with Crippen molar-refractivity contribution in [1.29, 1.82) is 0 Å². The number of pyridine rings is 1. The van der Waals surface area contributed by atoms with Gasteiger partial charge in [-0.15, -0.1) is 0 Å². The minimum absolute atomic E-state index is 0.0173. The molecule has 1 aromatic carbocycles. The first kappa shape index (κ1) is 21.1. The predicted octanol–water partition coefficient (Wildman–Crippen LogP) is 3.84. The Morgan fingerprint density at radius 1 is 1.26 bits per heavy atom. The van der Waals surface area contributed by atoms with Crippen LogP contribution < -0.4 is 10.4 Å². The van der Waals surface area contributed by atoms with Crippen molar-refractivity contribution in [3.63, 3.8) is 0 Å². The number of likely N-dealkylation sites (N-methyl/N-ethyl adjacent to an activating group) is 1. The van der Waals surface area contributed by atoms with E-state index in [-0.39, 0.29) is 17.9 Å². The first-order valence-electron chi connectivity index (χ1n) is 10.7. The zero-order valence-electron chi connectivity index (χ0n) is 18.5. The fourth-order valence-corrected chi connectivity index (χ4v) is 3.98. The summed E-state index contributed by atoms with van der Waals surface area (Å²) in [6.45, 7) is 6.53. The quantitative estimate of drug-likeness (QED) is 0.587. The third kappa shape index (κ3) is 4.48. The van der Waals surface area contributed by atoms with Gasteiger partial charge in [0.15, 0.2) is 0 Å². The fourth-order valence-electron chi connectivity index (χ4n) is 3.98. The van der Waals surface area contributed by atoms with Gasteiger partial charge in [-0.2, -0.15) is 0 Å². The monoisotopic (exact) mass is 420 g/mol. The standard InChI is InChI=1S/C25H28N2O4/c1-16-19-13-17-8-10-25(2,3)31-21(17)15-22(19)30-24(29)20(16)14-23(28)27(4)12-9-18-7-5-6-11-26-18/h5-7,11,13,15H,8-10,12,14H2,1-4H3. The molecule has 0 spiro atoms. The summed E-state index contributed by atoms with van der Waals surface area (Å²) in [5.74, 6) is 0.651. The maximum atomic E-state index is 12.8. The van der Waals surface area contributed by atoms with E-state index in [0.717, 1.165) is 40.8 Å². The highest BCUT2D eigenvalue weighted by molar-refractivity contribution is 5.86. The van der Waals surface area contributed by atoms with E-state index in [0.29, 0.717) is 24.1 Å². The number of fused-ring (bicyclic) bond motifs is 2. The number of carbonyl (C=O) groups is 1. The highest BCUT2D eigenvalue weighted by atomic mass is 16.5. The molecule has 0 saturated carbocycles. The SMILES string of the molecule is Cc1c(CC(=O)N(C)CCc2ccccn2)c(=O)oc2cc3c(cc12)CCC(C)(C)O3. The van der Waals surface area contributed by atoms with Gasteiger partial charge >= 0.3 is 5.63 Å². The highest BCUT2D eigenvalue weighted by Crippen LogP contribution is 2.36. The first-order valence-corrected chi connectivity index (χ1v) is 10.7. The molecule has 1 amide bonds. The van der Waals surface area contributed by atoms with Gasteiger partial charge in [0, 0.05) is 43.4 Å². The van der Waals surface area contributed by atoms with Crippen LogP contribution in [-0.2, 0) is 24.1 Å². The number of rotatable bonds is 5. The number of aromatic nitrogens is 1. The average molecular weight is 421 g/mol. The molecule has 3 heterocycles. The lowest BCUT2D eigenvalue weighted by atomic mass is 9.92. The van der Waals surface area contributed by atoms with Gasteiger partial charge in [-0.3, -0.25) is 9.78 Å². The normalized spacial score (nSPS) is 14.7. The lowest BCUT2D eigenvalue weighted by molar-refractivity contribution is -0.129. The molecule has 31 heavy (non-hydrogen) atoms. The number of carbonyl (C=O) groups excluding carboxylic acids is 1. The molecular formula is C25H28N2O4. The minimum Gasteiger partial charge on any atom is -0.487 e. The molecule has 6 nitrogen and oxygen atoms in total. The minimum atomic E-state index is -0.466. The molecule has 0 radical (unpaired) electrons. The lowest BCUT2D eigenvalue weighted by Gasteiger charge is -2.32. The van der Waals surface area contributed by atoms with Crippen LogP contribution in [-0.4, -0.2) is 35.0 Å². The predicted molar refractivity (Wildman–Crippen MR) is 120 cm³/mol. The van der Waals surface area contributed by atoms with Crippen molar-refractivity contribution in [2.75, 3.05) is 13.6 Å². The molecule has 162 valence electrons. The van der Waals surface area contributed by atoms with Gasteiger partial charge in [0.1, 0.15) is 16.9 Å². The smallest absolute Gasteiger partial charge is 0.340 e. The van der Waals surface area contributed by atoms with E-state index in [1.165, 1.54) is 0 Å². The van der Waals surface area contributed by atoms with Crippen molar-refractivity contribution in [2.24, 2.45) is 0 Å². The van der Waals surface area contributed by atoms with Crippen molar-refractivity contribution < 1.29 is 13.9 Å². The highest BCUT2D eigenvalue weighted by Gasteiger charge is 2.28. The molecule has 1 aliphatic heterocycles. The Labute approximate surface area is 181 Å². The van der Waals surface area contributed by atoms with Crippen molar-refractivity contribution in [1.82, 2.24) is 9.88 Å². The van der Waals surface area contributed by atoms with Crippen LogP contribution in [0.2, 0.25) is 0 Å². The number of hydrogen-bond donors (Lipinski definition) is 0. The van der Waals surface area contributed by atoms with Crippen LogP contribution >= 0.6 is 0 Å². The van der Waals surface area contributed by atoms with E-state index in [9.17, 15) is 9.59 Å². The lowest BCUT2D eigenvalue weighted by Crippen LogP contribution is -2.32. The van der Waals surface area contributed by atoms with Crippen LogP contribution in [0.4, 0.5) is 0 Å².